The van der Waals surface area contributed by atoms with Crippen LogP contribution in [0.1, 0.15) is 22.5 Å². The maximum Gasteiger partial charge on any atom is 0.253 e. The average Bonchev–Trinajstić information content (AvgIpc) is 3.34. The van der Waals surface area contributed by atoms with Crippen molar-refractivity contribution in [2.75, 3.05) is 57.2 Å². The van der Waals surface area contributed by atoms with E-state index in [1.165, 1.54) is 0 Å². The van der Waals surface area contributed by atoms with E-state index in [1.807, 2.05) is 84.0 Å². The van der Waals surface area contributed by atoms with Crippen LogP contribution in [0.3, 0.4) is 0 Å². The number of fused-ring (bicyclic) bond motifs is 1. The second-order valence-corrected chi connectivity index (χ2v) is 9.90. The van der Waals surface area contributed by atoms with E-state index in [9.17, 15) is 4.79 Å². The standard InChI is InChI=1S/C26H30N6O2S/c1-18-23-24(32(28-18)21-10-12-22(34-4)13-11-21)27-26(35-23)31-15-5-14-30(16-17-31)25(33)19-6-8-20(9-7-19)29(2)3/h6-13H,5,14-17H2,1-4H3. The number of carbonyl (C=O) groups excluding carboxylic acids is 1. The number of benzene rings is 2. The highest BCUT2D eigenvalue weighted by Crippen LogP contribution is 2.33. The number of nitrogens with zero attached hydrogens (tertiary/aromatic N) is 6. The minimum absolute atomic E-state index is 0.0902. The number of aromatic nitrogens is 3. The quantitative estimate of drug-likeness (QED) is 0.417. The summed E-state index contributed by atoms with van der Waals surface area (Å²) in [7, 11) is 5.66. The van der Waals surface area contributed by atoms with Gasteiger partial charge >= 0.3 is 0 Å². The molecule has 0 bridgehead atoms. The molecule has 0 radical (unpaired) electrons. The molecule has 0 atom stereocenters. The molecule has 3 heterocycles. The lowest BCUT2D eigenvalue weighted by Gasteiger charge is -2.22. The molecule has 0 aliphatic carbocycles. The molecule has 2 aromatic carbocycles. The first kappa shape index (κ1) is 23.2. The SMILES string of the molecule is COc1ccc(-n2nc(C)c3sc(N4CCCN(C(=O)c5ccc(N(C)C)cc5)CC4)nc32)cc1. The monoisotopic (exact) mass is 490 g/mol. The molecule has 1 aliphatic rings. The minimum Gasteiger partial charge on any atom is -0.497 e. The van der Waals surface area contributed by atoms with E-state index in [1.54, 1.807) is 18.4 Å². The van der Waals surface area contributed by atoms with Crippen LogP contribution in [0.15, 0.2) is 48.5 Å². The number of hydrogen-bond donors (Lipinski definition) is 0. The van der Waals surface area contributed by atoms with Crippen LogP contribution in [0.25, 0.3) is 16.0 Å². The summed E-state index contributed by atoms with van der Waals surface area (Å²) < 4.78 is 8.27. The van der Waals surface area contributed by atoms with Crippen molar-refractivity contribution >= 4 is 38.4 Å². The smallest absolute Gasteiger partial charge is 0.253 e. The van der Waals surface area contributed by atoms with E-state index in [-0.39, 0.29) is 5.91 Å². The zero-order valence-corrected chi connectivity index (χ0v) is 21.4. The largest absolute Gasteiger partial charge is 0.497 e. The normalized spacial score (nSPS) is 14.3. The zero-order valence-electron chi connectivity index (χ0n) is 20.6. The van der Waals surface area contributed by atoms with E-state index in [0.717, 1.165) is 69.9 Å². The van der Waals surface area contributed by atoms with Gasteiger partial charge < -0.3 is 19.4 Å². The molecule has 1 fully saturated rings. The summed E-state index contributed by atoms with van der Waals surface area (Å²) in [6.07, 6.45) is 0.904. The van der Waals surface area contributed by atoms with Crippen molar-refractivity contribution in [2.24, 2.45) is 0 Å². The van der Waals surface area contributed by atoms with Crippen molar-refractivity contribution < 1.29 is 9.53 Å². The molecular weight excluding hydrogens is 460 g/mol. The van der Waals surface area contributed by atoms with Gasteiger partial charge in [-0.1, -0.05) is 11.3 Å². The Balaban J connectivity index is 1.33. The molecule has 0 saturated carbocycles. The summed E-state index contributed by atoms with van der Waals surface area (Å²) in [5.41, 5.74) is 4.61. The summed E-state index contributed by atoms with van der Waals surface area (Å²) in [5.74, 6) is 0.901. The van der Waals surface area contributed by atoms with Gasteiger partial charge in [0.25, 0.3) is 5.91 Å². The molecule has 0 spiro atoms. The van der Waals surface area contributed by atoms with E-state index < -0.39 is 0 Å². The van der Waals surface area contributed by atoms with Crippen molar-refractivity contribution in [1.82, 2.24) is 19.7 Å². The van der Waals surface area contributed by atoms with Gasteiger partial charge in [0.1, 0.15) is 5.75 Å². The number of rotatable bonds is 5. The first-order valence-corrected chi connectivity index (χ1v) is 12.6. The molecule has 0 N–H and O–H groups in total. The Hall–Kier alpha value is -3.59. The Bertz CT molecular complexity index is 1330. The second-order valence-electron chi connectivity index (χ2n) is 8.92. The van der Waals surface area contributed by atoms with Crippen LogP contribution in [0.5, 0.6) is 5.75 Å². The van der Waals surface area contributed by atoms with Gasteiger partial charge in [0, 0.05) is 51.5 Å². The van der Waals surface area contributed by atoms with Gasteiger partial charge in [-0.25, -0.2) is 4.68 Å². The van der Waals surface area contributed by atoms with E-state index >= 15 is 0 Å². The predicted octanol–water partition coefficient (Wildman–Crippen LogP) is 4.22. The molecule has 182 valence electrons. The summed E-state index contributed by atoms with van der Waals surface area (Å²) >= 11 is 1.67. The molecule has 35 heavy (non-hydrogen) atoms. The molecule has 5 rings (SSSR count). The molecule has 2 aromatic heterocycles. The van der Waals surface area contributed by atoms with Crippen LogP contribution in [0, 0.1) is 6.92 Å². The molecule has 4 aromatic rings. The molecular formula is C26H30N6O2S. The summed E-state index contributed by atoms with van der Waals surface area (Å²) in [6.45, 7) is 5.07. The lowest BCUT2D eigenvalue weighted by atomic mass is 10.1. The third-order valence-corrected chi connectivity index (χ3v) is 7.59. The number of carbonyl (C=O) groups is 1. The number of ether oxygens (including phenoxy) is 1. The Morgan fingerprint density at radius 3 is 2.43 bits per heavy atom. The fourth-order valence-electron chi connectivity index (χ4n) is 4.36. The fraction of sp³-hybridized carbons (Fsp3) is 0.346. The minimum atomic E-state index is 0.0902. The van der Waals surface area contributed by atoms with Crippen LogP contribution in [-0.2, 0) is 0 Å². The summed E-state index contributed by atoms with van der Waals surface area (Å²) in [5, 5.41) is 5.69. The van der Waals surface area contributed by atoms with Gasteiger partial charge in [-0.3, -0.25) is 4.79 Å². The Kier molecular flexibility index (Phi) is 6.34. The van der Waals surface area contributed by atoms with E-state index in [0.29, 0.717) is 6.54 Å². The molecule has 1 amide bonds. The first-order chi connectivity index (χ1) is 16.9. The number of methoxy groups -OCH3 is 1. The first-order valence-electron chi connectivity index (χ1n) is 11.8. The molecule has 8 nitrogen and oxygen atoms in total. The third kappa shape index (κ3) is 4.55. The number of thiazole rings is 1. The van der Waals surface area contributed by atoms with Gasteiger partial charge in [-0.2, -0.15) is 10.1 Å². The van der Waals surface area contributed by atoms with Gasteiger partial charge in [-0.05, 0) is 61.9 Å². The Morgan fingerprint density at radius 2 is 1.74 bits per heavy atom. The highest BCUT2D eigenvalue weighted by molar-refractivity contribution is 7.22. The van der Waals surface area contributed by atoms with Crippen LogP contribution >= 0.6 is 11.3 Å². The highest BCUT2D eigenvalue weighted by Gasteiger charge is 2.24. The molecule has 0 unspecified atom stereocenters. The maximum atomic E-state index is 13.1. The number of hydrogen-bond acceptors (Lipinski definition) is 7. The second kappa shape index (κ2) is 9.58. The number of anilines is 2. The average molecular weight is 491 g/mol. The lowest BCUT2D eigenvalue weighted by Crippen LogP contribution is -2.35. The third-order valence-electron chi connectivity index (χ3n) is 6.38. The Morgan fingerprint density at radius 1 is 1.00 bits per heavy atom. The van der Waals surface area contributed by atoms with Crippen molar-refractivity contribution in [3.05, 3.63) is 59.8 Å². The Labute approximate surface area is 209 Å². The highest BCUT2D eigenvalue weighted by atomic mass is 32.1. The van der Waals surface area contributed by atoms with Crippen LogP contribution in [0.4, 0.5) is 10.8 Å². The number of amides is 1. The lowest BCUT2D eigenvalue weighted by molar-refractivity contribution is 0.0767. The van der Waals surface area contributed by atoms with E-state index in [4.69, 9.17) is 14.8 Å². The summed E-state index contributed by atoms with van der Waals surface area (Å²) in [6, 6.07) is 15.7. The number of aryl methyl sites for hydroxylation is 1. The van der Waals surface area contributed by atoms with Crippen LogP contribution < -0.4 is 14.5 Å². The van der Waals surface area contributed by atoms with Crippen molar-refractivity contribution in [3.8, 4) is 11.4 Å². The van der Waals surface area contributed by atoms with Gasteiger partial charge in [0.15, 0.2) is 10.8 Å². The predicted molar refractivity (Wildman–Crippen MR) is 142 cm³/mol. The summed E-state index contributed by atoms with van der Waals surface area (Å²) in [4.78, 5) is 24.4. The molecule has 9 heteroatoms. The molecule has 1 saturated heterocycles. The van der Waals surface area contributed by atoms with Crippen molar-refractivity contribution in [2.45, 2.75) is 13.3 Å². The zero-order chi connectivity index (χ0) is 24.5. The van der Waals surface area contributed by atoms with Crippen LogP contribution in [0.2, 0.25) is 0 Å². The van der Waals surface area contributed by atoms with Crippen molar-refractivity contribution in [3.63, 3.8) is 0 Å². The van der Waals surface area contributed by atoms with E-state index in [2.05, 4.69) is 4.90 Å². The molecule has 1 aliphatic heterocycles. The van der Waals surface area contributed by atoms with Gasteiger partial charge in [0.2, 0.25) is 0 Å². The van der Waals surface area contributed by atoms with Crippen molar-refractivity contribution in [1.29, 1.82) is 0 Å². The maximum absolute atomic E-state index is 13.1. The van der Waals surface area contributed by atoms with Crippen LogP contribution in [-0.4, -0.2) is 73.0 Å². The fourth-order valence-corrected chi connectivity index (χ4v) is 5.40. The topological polar surface area (TPSA) is 66.7 Å². The van der Waals surface area contributed by atoms with Gasteiger partial charge in [-0.15, -0.1) is 0 Å². The van der Waals surface area contributed by atoms with Gasteiger partial charge in [0.05, 0.1) is 23.2 Å².